The summed E-state index contributed by atoms with van der Waals surface area (Å²) in [5.74, 6) is -2.43. The lowest BCUT2D eigenvalue weighted by molar-refractivity contribution is -0.145. The summed E-state index contributed by atoms with van der Waals surface area (Å²) >= 11 is 0. The SMILES string of the molecule is CCCCCCCCCCCCCCCCCNC(=O)c1ccc(C(=O)N[C@H](CCC(=O)OCc2ccccc2)C(=O)Nc2cccc(C(=O)OC)c2)cc1. The molecule has 0 saturated heterocycles. The van der Waals surface area contributed by atoms with E-state index in [0.717, 1.165) is 18.4 Å². The number of unbranched alkanes of at least 4 members (excludes halogenated alkanes) is 14. The Hall–Kier alpha value is -4.99. The third-order valence-electron chi connectivity index (χ3n) is 9.53. The van der Waals surface area contributed by atoms with E-state index in [-0.39, 0.29) is 36.5 Å². The number of methoxy groups -OCH3 is 1. The second-order valence-electron chi connectivity index (χ2n) is 14.1. The Labute approximate surface area is 327 Å². The minimum absolute atomic E-state index is 0.0400. The fraction of sp³-hybridized carbons (Fsp3) is 0.489. The number of carbonyl (C=O) groups excluding carboxylic acids is 5. The number of hydrogen-bond acceptors (Lipinski definition) is 7. The zero-order valence-corrected chi connectivity index (χ0v) is 32.9. The van der Waals surface area contributed by atoms with Gasteiger partial charge in [0.25, 0.3) is 11.8 Å². The molecule has 3 amide bonds. The molecule has 0 radical (unpaired) electrons. The van der Waals surface area contributed by atoms with Crippen molar-refractivity contribution in [3.63, 3.8) is 0 Å². The number of anilines is 1. The van der Waals surface area contributed by atoms with Gasteiger partial charge in [0.05, 0.1) is 12.7 Å². The molecule has 0 saturated carbocycles. The Morgan fingerprint density at radius 1 is 0.618 bits per heavy atom. The molecule has 10 heteroatoms. The van der Waals surface area contributed by atoms with Crippen LogP contribution in [0.4, 0.5) is 5.69 Å². The van der Waals surface area contributed by atoms with Crippen molar-refractivity contribution in [2.75, 3.05) is 19.0 Å². The first-order chi connectivity index (χ1) is 26.8. The van der Waals surface area contributed by atoms with Gasteiger partial charge in [-0.2, -0.15) is 0 Å². The van der Waals surface area contributed by atoms with Crippen LogP contribution in [0.1, 0.15) is 153 Å². The predicted octanol–water partition coefficient (Wildman–Crippen LogP) is 9.34. The fourth-order valence-electron chi connectivity index (χ4n) is 6.23. The van der Waals surface area contributed by atoms with Crippen molar-refractivity contribution in [1.82, 2.24) is 10.6 Å². The molecular formula is C45H61N3O7. The van der Waals surface area contributed by atoms with Crippen molar-refractivity contribution in [1.29, 1.82) is 0 Å². The molecule has 0 aliphatic rings. The average molecular weight is 756 g/mol. The summed E-state index contributed by atoms with van der Waals surface area (Å²) in [6.07, 6.45) is 19.1. The van der Waals surface area contributed by atoms with Crippen LogP contribution in [0.2, 0.25) is 0 Å². The normalized spacial score (nSPS) is 11.3. The quantitative estimate of drug-likeness (QED) is 0.0521. The van der Waals surface area contributed by atoms with Gasteiger partial charge in [0.2, 0.25) is 5.91 Å². The maximum atomic E-state index is 13.4. The number of nitrogens with one attached hydrogen (secondary N) is 3. The third-order valence-corrected chi connectivity index (χ3v) is 9.53. The summed E-state index contributed by atoms with van der Waals surface area (Å²) in [6, 6.07) is 20.5. The highest BCUT2D eigenvalue weighted by Gasteiger charge is 2.24. The number of esters is 2. The highest BCUT2D eigenvalue weighted by atomic mass is 16.5. The first kappa shape index (κ1) is 44.4. The lowest BCUT2D eigenvalue weighted by Gasteiger charge is -2.19. The van der Waals surface area contributed by atoms with E-state index in [0.29, 0.717) is 17.8 Å². The fourth-order valence-corrected chi connectivity index (χ4v) is 6.23. The van der Waals surface area contributed by atoms with Gasteiger partial charge < -0.3 is 25.4 Å². The third kappa shape index (κ3) is 18.3. The molecule has 0 bridgehead atoms. The van der Waals surface area contributed by atoms with E-state index in [4.69, 9.17) is 9.47 Å². The largest absolute Gasteiger partial charge is 0.465 e. The zero-order chi connectivity index (χ0) is 39.5. The maximum Gasteiger partial charge on any atom is 0.337 e. The monoisotopic (exact) mass is 755 g/mol. The van der Waals surface area contributed by atoms with E-state index in [1.165, 1.54) is 109 Å². The van der Waals surface area contributed by atoms with Gasteiger partial charge in [0, 0.05) is 29.8 Å². The second kappa shape index (κ2) is 26.7. The molecule has 1 atom stereocenters. The molecular weight excluding hydrogens is 695 g/mol. The Morgan fingerprint density at radius 3 is 1.76 bits per heavy atom. The van der Waals surface area contributed by atoms with Crippen LogP contribution in [0.25, 0.3) is 0 Å². The smallest absolute Gasteiger partial charge is 0.337 e. The summed E-state index contributed by atoms with van der Waals surface area (Å²) in [5, 5.41) is 8.39. The summed E-state index contributed by atoms with van der Waals surface area (Å²) in [6.45, 7) is 2.93. The summed E-state index contributed by atoms with van der Waals surface area (Å²) in [4.78, 5) is 64.0. The highest BCUT2D eigenvalue weighted by Crippen LogP contribution is 2.16. The number of carbonyl (C=O) groups is 5. The topological polar surface area (TPSA) is 140 Å². The summed E-state index contributed by atoms with van der Waals surface area (Å²) < 4.78 is 10.1. The molecule has 10 nitrogen and oxygen atoms in total. The molecule has 3 aromatic carbocycles. The van der Waals surface area contributed by atoms with Crippen LogP contribution in [0.15, 0.2) is 78.9 Å². The Morgan fingerprint density at radius 2 is 1.18 bits per heavy atom. The molecule has 0 fully saturated rings. The van der Waals surface area contributed by atoms with E-state index in [2.05, 4.69) is 22.9 Å². The van der Waals surface area contributed by atoms with Crippen LogP contribution in [-0.2, 0) is 25.7 Å². The van der Waals surface area contributed by atoms with Crippen molar-refractivity contribution in [2.45, 2.75) is 129 Å². The molecule has 0 heterocycles. The molecule has 3 rings (SSSR count). The van der Waals surface area contributed by atoms with Gasteiger partial charge in [-0.05, 0) is 60.9 Å². The van der Waals surface area contributed by atoms with Gasteiger partial charge in [-0.25, -0.2) is 4.79 Å². The van der Waals surface area contributed by atoms with Crippen LogP contribution < -0.4 is 16.0 Å². The minimum atomic E-state index is -1.11. The summed E-state index contributed by atoms with van der Waals surface area (Å²) in [5.41, 5.74) is 2.06. The molecule has 0 aliphatic carbocycles. The second-order valence-corrected chi connectivity index (χ2v) is 14.1. The summed E-state index contributed by atoms with van der Waals surface area (Å²) in [7, 11) is 1.26. The van der Waals surface area contributed by atoms with Crippen LogP contribution >= 0.6 is 0 Å². The highest BCUT2D eigenvalue weighted by molar-refractivity contribution is 6.02. The Bertz CT molecular complexity index is 1590. The van der Waals surface area contributed by atoms with Gasteiger partial charge in [-0.3, -0.25) is 19.2 Å². The maximum absolute atomic E-state index is 13.4. The lowest BCUT2D eigenvalue weighted by Crippen LogP contribution is -2.44. The van der Waals surface area contributed by atoms with E-state index >= 15 is 0 Å². The van der Waals surface area contributed by atoms with Crippen molar-refractivity contribution in [2.24, 2.45) is 0 Å². The molecule has 298 valence electrons. The van der Waals surface area contributed by atoms with Crippen LogP contribution in [0, 0.1) is 0 Å². The van der Waals surface area contributed by atoms with E-state index in [1.807, 2.05) is 30.3 Å². The van der Waals surface area contributed by atoms with Gasteiger partial charge in [0.15, 0.2) is 0 Å². The first-order valence-electron chi connectivity index (χ1n) is 20.2. The molecule has 0 unspecified atom stereocenters. The molecule has 0 spiro atoms. The van der Waals surface area contributed by atoms with Gasteiger partial charge in [0.1, 0.15) is 12.6 Å². The number of hydrogen-bond donors (Lipinski definition) is 3. The van der Waals surface area contributed by atoms with Crippen molar-refractivity contribution >= 4 is 35.3 Å². The van der Waals surface area contributed by atoms with Gasteiger partial charge >= 0.3 is 11.9 Å². The molecule has 0 aromatic heterocycles. The molecule has 0 aliphatic heterocycles. The number of benzene rings is 3. The Balaban J connectivity index is 1.42. The average Bonchev–Trinajstić information content (AvgIpc) is 3.21. The van der Waals surface area contributed by atoms with Crippen LogP contribution in [-0.4, -0.2) is 49.4 Å². The Kier molecular flexibility index (Phi) is 21.6. The van der Waals surface area contributed by atoms with Gasteiger partial charge in [-0.15, -0.1) is 0 Å². The zero-order valence-electron chi connectivity index (χ0n) is 32.9. The van der Waals surface area contributed by atoms with Crippen LogP contribution in [0.5, 0.6) is 0 Å². The standard InChI is InChI=1S/C45H61N3O7/c1-3-4-5-6-7-8-9-10-11-12-13-14-15-16-20-32-46-42(50)36-26-28-37(29-27-36)43(51)48-40(30-31-41(49)55-34-35-22-18-17-19-23-35)44(52)47-39-25-21-24-38(33-39)45(53)54-2/h17-19,21-29,33,40H,3-16,20,30-32,34H2,1-2H3,(H,46,50)(H,47,52)(H,48,51)/t40-/m1/s1. The van der Waals surface area contributed by atoms with E-state index < -0.39 is 29.8 Å². The van der Waals surface area contributed by atoms with Gasteiger partial charge in [-0.1, -0.05) is 133 Å². The molecule has 55 heavy (non-hydrogen) atoms. The predicted molar refractivity (Wildman–Crippen MR) is 217 cm³/mol. The first-order valence-corrected chi connectivity index (χ1v) is 20.2. The van der Waals surface area contributed by atoms with Crippen molar-refractivity contribution in [3.05, 3.63) is 101 Å². The minimum Gasteiger partial charge on any atom is -0.465 e. The van der Waals surface area contributed by atoms with Crippen molar-refractivity contribution < 1.29 is 33.4 Å². The molecule has 3 aromatic rings. The van der Waals surface area contributed by atoms with Crippen LogP contribution in [0.3, 0.4) is 0 Å². The molecule has 3 N–H and O–H groups in total. The lowest BCUT2D eigenvalue weighted by atomic mass is 10.0. The number of amides is 3. The number of ether oxygens (including phenoxy) is 2. The van der Waals surface area contributed by atoms with Crippen molar-refractivity contribution in [3.8, 4) is 0 Å². The van der Waals surface area contributed by atoms with E-state index in [1.54, 1.807) is 30.3 Å². The van der Waals surface area contributed by atoms with E-state index in [9.17, 15) is 24.0 Å². The number of rotatable bonds is 27.